The highest BCUT2D eigenvalue weighted by molar-refractivity contribution is 7.24. The number of carbonyl (C=O) groups is 3. The molecule has 7 nitrogen and oxygen atoms in total. The lowest BCUT2D eigenvalue weighted by Gasteiger charge is -2.12. The van der Waals surface area contributed by atoms with E-state index in [1.165, 1.54) is 11.3 Å². The second kappa shape index (κ2) is 6.18. The summed E-state index contributed by atoms with van der Waals surface area (Å²) in [5.41, 5.74) is 2.26. The van der Waals surface area contributed by atoms with E-state index in [1.807, 2.05) is 19.1 Å². The number of anilines is 1. The van der Waals surface area contributed by atoms with E-state index in [-0.39, 0.29) is 6.54 Å². The predicted molar refractivity (Wildman–Crippen MR) is 108 cm³/mol. The summed E-state index contributed by atoms with van der Waals surface area (Å²) in [7, 11) is 0. The Labute approximate surface area is 166 Å². The van der Waals surface area contributed by atoms with Crippen LogP contribution in [0.5, 0.6) is 0 Å². The number of imide groups is 1. The molecule has 9 heteroatoms. The molecule has 0 aliphatic carbocycles. The van der Waals surface area contributed by atoms with Crippen LogP contribution in [0.2, 0.25) is 0 Å². The van der Waals surface area contributed by atoms with Crippen molar-refractivity contribution in [3.63, 3.8) is 0 Å². The zero-order valence-corrected chi connectivity index (χ0v) is 16.2. The van der Waals surface area contributed by atoms with Gasteiger partial charge in [0.1, 0.15) is 12.1 Å². The molecule has 1 aliphatic rings. The van der Waals surface area contributed by atoms with Crippen molar-refractivity contribution in [2.45, 2.75) is 6.92 Å². The predicted octanol–water partition coefficient (Wildman–Crippen LogP) is 3.45. The molecule has 5 rings (SSSR count). The maximum absolute atomic E-state index is 12.5. The first-order chi connectivity index (χ1) is 13.5. The van der Waals surface area contributed by atoms with Gasteiger partial charge in [0.15, 0.2) is 5.13 Å². The average Bonchev–Trinajstić information content (AvgIpc) is 3.32. The molecule has 0 bridgehead atoms. The lowest BCUT2D eigenvalue weighted by atomic mass is 10.1. The van der Waals surface area contributed by atoms with Gasteiger partial charge in [0, 0.05) is 0 Å². The number of hydrogen-bond donors (Lipinski definition) is 1. The Morgan fingerprint density at radius 2 is 1.75 bits per heavy atom. The van der Waals surface area contributed by atoms with Gasteiger partial charge in [0.25, 0.3) is 11.8 Å². The fourth-order valence-electron chi connectivity index (χ4n) is 3.23. The Morgan fingerprint density at radius 3 is 2.46 bits per heavy atom. The number of aryl methyl sites for hydroxylation is 1. The Hall–Kier alpha value is -3.17. The molecule has 1 aliphatic heterocycles. The molecule has 3 heterocycles. The number of benzene rings is 2. The largest absolute Gasteiger partial charge is 0.300 e. The number of aromatic nitrogens is 2. The molecule has 0 atom stereocenters. The van der Waals surface area contributed by atoms with Crippen LogP contribution in [0.4, 0.5) is 5.13 Å². The second-order valence-corrected chi connectivity index (χ2v) is 8.54. The van der Waals surface area contributed by atoms with Crippen LogP contribution in [0.1, 0.15) is 25.7 Å². The topological polar surface area (TPSA) is 92.3 Å². The minimum Gasteiger partial charge on any atom is -0.300 e. The molecule has 0 saturated heterocycles. The van der Waals surface area contributed by atoms with Gasteiger partial charge < -0.3 is 5.32 Å². The average molecular weight is 408 g/mol. The summed E-state index contributed by atoms with van der Waals surface area (Å²) in [6.07, 6.45) is 0. The number of nitrogens with one attached hydrogen (secondary N) is 1. The van der Waals surface area contributed by atoms with Crippen LogP contribution in [0.25, 0.3) is 20.4 Å². The van der Waals surface area contributed by atoms with E-state index in [1.54, 1.807) is 35.6 Å². The number of rotatable bonds is 3. The van der Waals surface area contributed by atoms with E-state index in [0.717, 1.165) is 30.3 Å². The number of amides is 3. The molecule has 2 aromatic heterocycles. The third-order valence-corrected chi connectivity index (χ3v) is 6.38. The molecule has 4 aromatic rings. The first-order valence-corrected chi connectivity index (χ1v) is 10.1. The maximum atomic E-state index is 12.5. The summed E-state index contributed by atoms with van der Waals surface area (Å²) in [5, 5.41) is 4.07. The van der Waals surface area contributed by atoms with Gasteiger partial charge in [0.05, 0.1) is 31.1 Å². The van der Waals surface area contributed by atoms with E-state index in [9.17, 15) is 14.4 Å². The third kappa shape index (κ3) is 2.59. The van der Waals surface area contributed by atoms with Crippen molar-refractivity contribution < 1.29 is 14.4 Å². The number of hydrogen-bond acceptors (Lipinski definition) is 7. The lowest BCUT2D eigenvalue weighted by molar-refractivity contribution is -0.116. The summed E-state index contributed by atoms with van der Waals surface area (Å²) in [6, 6.07) is 10.4. The van der Waals surface area contributed by atoms with Gasteiger partial charge in [-0.25, -0.2) is 9.97 Å². The minimum absolute atomic E-state index is 0.321. The van der Waals surface area contributed by atoms with Gasteiger partial charge >= 0.3 is 0 Å². The monoisotopic (exact) mass is 408 g/mol. The van der Waals surface area contributed by atoms with Gasteiger partial charge in [0.2, 0.25) is 5.91 Å². The van der Waals surface area contributed by atoms with E-state index in [0.29, 0.717) is 16.3 Å². The van der Waals surface area contributed by atoms with Crippen molar-refractivity contribution in [2.75, 3.05) is 11.9 Å². The molecule has 1 N–H and O–H groups in total. The van der Waals surface area contributed by atoms with Crippen molar-refractivity contribution in [2.24, 2.45) is 0 Å². The summed E-state index contributed by atoms with van der Waals surface area (Å²) in [5.74, 6) is -1.39. The fourth-order valence-corrected chi connectivity index (χ4v) is 5.10. The van der Waals surface area contributed by atoms with Gasteiger partial charge in [-0.05, 0) is 31.2 Å². The summed E-state index contributed by atoms with van der Waals surface area (Å²) in [4.78, 5) is 47.1. The first-order valence-electron chi connectivity index (χ1n) is 8.43. The summed E-state index contributed by atoms with van der Waals surface area (Å²) in [6.45, 7) is 1.59. The van der Waals surface area contributed by atoms with E-state index in [2.05, 4.69) is 15.3 Å². The van der Waals surface area contributed by atoms with Crippen LogP contribution in [-0.2, 0) is 4.79 Å². The highest BCUT2D eigenvalue weighted by atomic mass is 32.1. The molecule has 0 saturated carbocycles. The maximum Gasteiger partial charge on any atom is 0.262 e. The standard InChI is InChI=1S/C19H12N4O3S2/c1-9-20-15-13(27-9)7-6-12-16(15)28-19(21-12)22-14(24)8-23-17(25)10-4-2-3-5-11(10)18(23)26/h2-7H,8H2,1H3,(H,21,22,24). The Balaban J connectivity index is 1.38. The van der Waals surface area contributed by atoms with E-state index in [4.69, 9.17) is 0 Å². The van der Waals surface area contributed by atoms with Crippen LogP contribution in [0, 0.1) is 6.92 Å². The smallest absolute Gasteiger partial charge is 0.262 e. The zero-order valence-electron chi connectivity index (χ0n) is 14.6. The Kier molecular flexibility index (Phi) is 3.74. The molecule has 0 fully saturated rings. The number of fused-ring (bicyclic) bond motifs is 4. The fraction of sp³-hybridized carbons (Fsp3) is 0.105. The molecule has 2 aromatic carbocycles. The SMILES string of the molecule is Cc1nc2c(ccc3nc(NC(=O)CN4C(=O)c5ccccc5C4=O)sc32)s1. The molecule has 138 valence electrons. The highest BCUT2D eigenvalue weighted by Crippen LogP contribution is 2.34. The molecule has 0 spiro atoms. The second-order valence-electron chi connectivity index (χ2n) is 6.30. The van der Waals surface area contributed by atoms with Gasteiger partial charge in [-0.2, -0.15) is 0 Å². The van der Waals surface area contributed by atoms with Crippen molar-refractivity contribution in [3.8, 4) is 0 Å². The van der Waals surface area contributed by atoms with Crippen LogP contribution >= 0.6 is 22.7 Å². The highest BCUT2D eigenvalue weighted by Gasteiger charge is 2.36. The van der Waals surface area contributed by atoms with Crippen molar-refractivity contribution in [1.29, 1.82) is 0 Å². The van der Waals surface area contributed by atoms with Gasteiger partial charge in [-0.15, -0.1) is 11.3 Å². The Morgan fingerprint density at radius 1 is 1.04 bits per heavy atom. The van der Waals surface area contributed by atoms with Crippen LogP contribution in [-0.4, -0.2) is 39.1 Å². The minimum atomic E-state index is -0.473. The Bertz CT molecular complexity index is 1270. The normalized spacial score (nSPS) is 13.5. The molecule has 3 amide bonds. The van der Waals surface area contributed by atoms with Crippen molar-refractivity contribution >= 4 is 66.0 Å². The number of nitrogens with zero attached hydrogens (tertiary/aromatic N) is 3. The molecular formula is C19H12N4O3S2. The van der Waals surface area contributed by atoms with Crippen molar-refractivity contribution in [1.82, 2.24) is 14.9 Å². The van der Waals surface area contributed by atoms with Crippen LogP contribution < -0.4 is 5.32 Å². The van der Waals surface area contributed by atoms with Crippen LogP contribution in [0.15, 0.2) is 36.4 Å². The number of carbonyl (C=O) groups excluding carboxylic acids is 3. The molecular weight excluding hydrogens is 396 g/mol. The zero-order chi connectivity index (χ0) is 19.4. The summed E-state index contributed by atoms with van der Waals surface area (Å²) >= 11 is 2.93. The molecule has 0 radical (unpaired) electrons. The first kappa shape index (κ1) is 17.0. The van der Waals surface area contributed by atoms with Crippen molar-refractivity contribution in [3.05, 3.63) is 52.5 Å². The summed E-state index contributed by atoms with van der Waals surface area (Å²) < 4.78 is 1.97. The van der Waals surface area contributed by atoms with Crippen LogP contribution in [0.3, 0.4) is 0 Å². The number of thiazole rings is 2. The third-order valence-electron chi connectivity index (χ3n) is 4.45. The van der Waals surface area contributed by atoms with E-state index >= 15 is 0 Å². The van der Waals surface area contributed by atoms with Gasteiger partial charge in [-0.1, -0.05) is 23.5 Å². The molecule has 28 heavy (non-hydrogen) atoms. The lowest BCUT2D eigenvalue weighted by Crippen LogP contribution is -2.37. The molecule has 0 unspecified atom stereocenters. The van der Waals surface area contributed by atoms with Gasteiger partial charge in [-0.3, -0.25) is 19.3 Å². The van der Waals surface area contributed by atoms with E-state index < -0.39 is 17.7 Å². The quantitative estimate of drug-likeness (QED) is 0.524.